The van der Waals surface area contributed by atoms with Crippen LogP contribution in [0.2, 0.25) is 0 Å². The highest BCUT2D eigenvalue weighted by molar-refractivity contribution is 7.14. The zero-order valence-corrected chi connectivity index (χ0v) is 17.1. The number of carbonyl (C=O) groups excluding carboxylic acids is 1. The molecule has 0 aromatic carbocycles. The lowest BCUT2D eigenvalue weighted by atomic mass is 9.86. The number of thiophene rings is 1. The van der Waals surface area contributed by atoms with Gasteiger partial charge in [0.25, 0.3) is 11.5 Å². The van der Waals surface area contributed by atoms with E-state index in [0.29, 0.717) is 13.1 Å². The van der Waals surface area contributed by atoms with Gasteiger partial charge in [-0.25, -0.2) is 0 Å². The van der Waals surface area contributed by atoms with Crippen LogP contribution in [0.25, 0.3) is 0 Å². The molecule has 1 spiro atoms. The largest absolute Gasteiger partial charge is 0.369 e. The fraction of sp³-hybridized carbons (Fsp3) is 0.524. The van der Waals surface area contributed by atoms with Gasteiger partial charge < -0.3 is 19.9 Å². The molecule has 28 heavy (non-hydrogen) atoms. The molecule has 6 nitrogen and oxygen atoms in total. The Hall–Kier alpha value is -1.96. The number of aromatic nitrogens is 1. The van der Waals surface area contributed by atoms with Gasteiger partial charge in [0.15, 0.2) is 0 Å². The summed E-state index contributed by atoms with van der Waals surface area (Å²) in [5, 5.41) is 6.41. The number of nitrogens with one attached hydrogen (secondary N) is 2. The van der Waals surface area contributed by atoms with Crippen molar-refractivity contribution < 1.29 is 9.53 Å². The van der Waals surface area contributed by atoms with Crippen LogP contribution in [0.4, 0.5) is 0 Å². The first-order chi connectivity index (χ1) is 13.6. The number of fused-ring (bicyclic) bond motifs is 2. The minimum absolute atomic E-state index is 0.00419. The van der Waals surface area contributed by atoms with E-state index >= 15 is 0 Å². The first kappa shape index (κ1) is 19.4. The Morgan fingerprint density at radius 1 is 1.36 bits per heavy atom. The second-order valence-corrected chi connectivity index (χ2v) is 8.63. The van der Waals surface area contributed by atoms with E-state index in [1.54, 1.807) is 28.0 Å². The van der Waals surface area contributed by atoms with Crippen LogP contribution < -0.4 is 16.2 Å². The Morgan fingerprint density at radius 3 is 2.96 bits per heavy atom. The van der Waals surface area contributed by atoms with Crippen molar-refractivity contribution >= 4 is 17.2 Å². The van der Waals surface area contributed by atoms with Gasteiger partial charge in [-0.15, -0.1) is 11.3 Å². The van der Waals surface area contributed by atoms with Crippen LogP contribution in [0, 0.1) is 6.92 Å². The molecule has 0 bridgehead atoms. The van der Waals surface area contributed by atoms with Crippen molar-refractivity contribution in [3.05, 3.63) is 55.6 Å². The summed E-state index contributed by atoms with van der Waals surface area (Å²) in [6.45, 7) is 5.73. The Labute approximate surface area is 168 Å². The first-order valence-corrected chi connectivity index (χ1v) is 10.8. The fourth-order valence-electron chi connectivity index (χ4n) is 4.17. The summed E-state index contributed by atoms with van der Waals surface area (Å²) in [5.41, 5.74) is 2.02. The fourth-order valence-corrected chi connectivity index (χ4v) is 5.50. The van der Waals surface area contributed by atoms with Crippen molar-refractivity contribution in [3.63, 3.8) is 0 Å². The molecule has 0 radical (unpaired) electrons. The van der Waals surface area contributed by atoms with Crippen molar-refractivity contribution in [2.24, 2.45) is 0 Å². The maximum Gasteiger partial charge on any atom is 0.261 e. The standard InChI is InChI=1S/C21H27N3O3S/c1-15-4-2-5-18(25)24(15)12-3-9-23-20(26)17-14-16-6-13-27-21(19(16)28-17)7-10-22-11-8-21/h2,4-5,14,22H,3,6-13H2,1H3,(H,23,26). The van der Waals surface area contributed by atoms with Gasteiger partial charge in [0.1, 0.15) is 5.60 Å². The molecule has 2 N–H and O–H groups in total. The van der Waals surface area contributed by atoms with E-state index in [0.717, 1.165) is 56.0 Å². The summed E-state index contributed by atoms with van der Waals surface area (Å²) in [6.07, 6.45) is 3.53. The van der Waals surface area contributed by atoms with Crippen molar-refractivity contribution in [3.8, 4) is 0 Å². The monoisotopic (exact) mass is 401 g/mol. The molecule has 1 amide bonds. The van der Waals surface area contributed by atoms with E-state index < -0.39 is 0 Å². The molecule has 4 rings (SSSR count). The molecule has 0 aliphatic carbocycles. The lowest BCUT2D eigenvalue weighted by Gasteiger charge is -2.40. The number of carbonyl (C=O) groups is 1. The molecule has 1 fully saturated rings. The third-order valence-corrected chi connectivity index (χ3v) is 7.08. The number of amides is 1. The Morgan fingerprint density at radius 2 is 2.18 bits per heavy atom. The average molecular weight is 402 g/mol. The van der Waals surface area contributed by atoms with E-state index in [2.05, 4.69) is 10.6 Å². The van der Waals surface area contributed by atoms with E-state index in [1.807, 2.05) is 19.1 Å². The molecule has 0 saturated carbocycles. The molecular formula is C21H27N3O3S. The van der Waals surface area contributed by atoms with Crippen LogP contribution in [0.15, 0.2) is 29.1 Å². The van der Waals surface area contributed by atoms with E-state index in [1.165, 1.54) is 10.4 Å². The van der Waals surface area contributed by atoms with E-state index in [-0.39, 0.29) is 17.1 Å². The molecule has 7 heteroatoms. The molecule has 2 aromatic heterocycles. The van der Waals surface area contributed by atoms with Gasteiger partial charge in [0.2, 0.25) is 0 Å². The normalized spacial score (nSPS) is 18.0. The van der Waals surface area contributed by atoms with Crippen LogP contribution in [0.5, 0.6) is 0 Å². The van der Waals surface area contributed by atoms with Gasteiger partial charge in [-0.3, -0.25) is 9.59 Å². The minimum Gasteiger partial charge on any atom is -0.369 e. The predicted molar refractivity (Wildman–Crippen MR) is 110 cm³/mol. The third kappa shape index (κ3) is 3.79. The number of hydrogen-bond donors (Lipinski definition) is 2. The SMILES string of the molecule is Cc1cccc(=O)n1CCCNC(=O)c1cc2c(s1)C1(CCNCC1)OCC2. The molecule has 150 valence electrons. The van der Waals surface area contributed by atoms with Gasteiger partial charge in [-0.2, -0.15) is 0 Å². The quantitative estimate of drug-likeness (QED) is 0.754. The van der Waals surface area contributed by atoms with Crippen molar-refractivity contribution in [2.75, 3.05) is 26.2 Å². The second kappa shape index (κ2) is 8.19. The lowest BCUT2D eigenvalue weighted by Crippen LogP contribution is -2.43. The number of rotatable bonds is 5. The number of aryl methyl sites for hydroxylation is 1. The van der Waals surface area contributed by atoms with Crippen molar-refractivity contribution in [1.29, 1.82) is 0 Å². The molecule has 4 heterocycles. The Kier molecular flexibility index (Phi) is 5.66. The summed E-state index contributed by atoms with van der Waals surface area (Å²) in [7, 11) is 0. The molecule has 2 aliphatic rings. The van der Waals surface area contributed by atoms with Gasteiger partial charge in [-0.1, -0.05) is 6.07 Å². The molecule has 2 aromatic rings. The highest BCUT2D eigenvalue weighted by Crippen LogP contribution is 2.44. The molecule has 2 aliphatic heterocycles. The first-order valence-electron chi connectivity index (χ1n) is 10.0. The highest BCUT2D eigenvalue weighted by atomic mass is 32.1. The van der Waals surface area contributed by atoms with Crippen molar-refractivity contribution in [1.82, 2.24) is 15.2 Å². The molecular weight excluding hydrogens is 374 g/mol. The number of piperidine rings is 1. The zero-order chi connectivity index (χ0) is 19.6. The predicted octanol–water partition coefficient (Wildman–Crippen LogP) is 2.19. The van der Waals surface area contributed by atoms with Crippen LogP contribution in [0.1, 0.15) is 45.1 Å². The minimum atomic E-state index is -0.200. The summed E-state index contributed by atoms with van der Waals surface area (Å²) < 4.78 is 7.95. The maximum absolute atomic E-state index is 12.7. The van der Waals surface area contributed by atoms with Crippen molar-refractivity contribution in [2.45, 2.75) is 44.8 Å². The molecule has 0 unspecified atom stereocenters. The van der Waals surface area contributed by atoms with Crippen LogP contribution in [-0.4, -0.2) is 36.7 Å². The summed E-state index contributed by atoms with van der Waals surface area (Å²) in [4.78, 5) is 26.6. The van der Waals surface area contributed by atoms with Gasteiger partial charge >= 0.3 is 0 Å². The third-order valence-electron chi connectivity index (χ3n) is 5.72. The smallest absolute Gasteiger partial charge is 0.261 e. The number of ether oxygens (including phenoxy) is 1. The van der Waals surface area contributed by atoms with E-state index in [4.69, 9.17) is 4.74 Å². The molecule has 0 atom stereocenters. The van der Waals surface area contributed by atoms with Crippen LogP contribution in [-0.2, 0) is 23.3 Å². The molecule has 1 saturated heterocycles. The van der Waals surface area contributed by atoms with Crippen LogP contribution >= 0.6 is 11.3 Å². The zero-order valence-electron chi connectivity index (χ0n) is 16.3. The van der Waals surface area contributed by atoms with E-state index in [9.17, 15) is 9.59 Å². The van der Waals surface area contributed by atoms with Gasteiger partial charge in [0.05, 0.1) is 11.5 Å². The number of nitrogens with zero attached hydrogens (tertiary/aromatic N) is 1. The summed E-state index contributed by atoms with van der Waals surface area (Å²) >= 11 is 1.59. The number of pyridine rings is 1. The lowest BCUT2D eigenvalue weighted by molar-refractivity contribution is -0.0771. The topological polar surface area (TPSA) is 72.4 Å². The maximum atomic E-state index is 12.7. The Bertz CT molecular complexity index is 912. The Balaban J connectivity index is 1.38. The summed E-state index contributed by atoms with van der Waals surface area (Å²) in [6, 6.07) is 7.32. The van der Waals surface area contributed by atoms with Gasteiger partial charge in [-0.05, 0) is 63.4 Å². The van der Waals surface area contributed by atoms with Gasteiger partial charge in [0, 0.05) is 29.7 Å². The second-order valence-electron chi connectivity index (χ2n) is 7.57. The number of hydrogen-bond acceptors (Lipinski definition) is 5. The highest BCUT2D eigenvalue weighted by Gasteiger charge is 2.41. The van der Waals surface area contributed by atoms with Crippen LogP contribution in [0.3, 0.4) is 0 Å². The summed E-state index contributed by atoms with van der Waals surface area (Å²) in [5.74, 6) is -0.0272. The average Bonchev–Trinajstić information content (AvgIpc) is 3.14.